The Morgan fingerprint density at radius 2 is 1.81 bits per heavy atom. The lowest BCUT2D eigenvalue weighted by molar-refractivity contribution is -0.139. The zero-order valence-electron chi connectivity index (χ0n) is 17.1. The Hall–Kier alpha value is -3.75. The zero-order chi connectivity index (χ0) is 22.5. The number of aromatic nitrogens is 2. The van der Waals surface area contributed by atoms with Crippen LogP contribution in [0.2, 0.25) is 0 Å². The quantitative estimate of drug-likeness (QED) is 0.434. The number of aryl methyl sites for hydroxylation is 2. The molecule has 0 spiro atoms. The second kappa shape index (κ2) is 9.38. The van der Waals surface area contributed by atoms with Crippen molar-refractivity contribution in [1.29, 1.82) is 0 Å². The van der Waals surface area contributed by atoms with Gasteiger partial charge in [0.25, 0.3) is 5.91 Å². The van der Waals surface area contributed by atoms with Crippen LogP contribution in [0.4, 0.5) is 16.2 Å². The number of nitrogens with two attached hydrogens (primary N) is 2. The first-order valence-electron chi connectivity index (χ1n) is 9.92. The molecule has 0 aliphatic heterocycles. The number of carbonyl (C=O) groups excluding carboxylic acids is 1. The van der Waals surface area contributed by atoms with Gasteiger partial charge in [-0.2, -0.15) is 4.98 Å². The molecule has 9 heteroatoms. The van der Waals surface area contributed by atoms with Gasteiger partial charge in [0, 0.05) is 5.56 Å². The second-order valence-electron chi connectivity index (χ2n) is 7.25. The van der Waals surface area contributed by atoms with Gasteiger partial charge in [-0.25, -0.2) is 14.2 Å². The van der Waals surface area contributed by atoms with Gasteiger partial charge in [-0.3, -0.25) is 4.79 Å². The highest BCUT2D eigenvalue weighted by Gasteiger charge is 2.19. The van der Waals surface area contributed by atoms with Gasteiger partial charge in [-0.1, -0.05) is 31.5 Å². The third-order valence-corrected chi connectivity index (χ3v) is 5.01. The number of nitrogen functional groups attached to an aromatic ring is 2. The van der Waals surface area contributed by atoms with E-state index in [0.29, 0.717) is 42.3 Å². The fourth-order valence-electron chi connectivity index (χ4n) is 3.36. The Morgan fingerprint density at radius 3 is 2.45 bits per heavy atom. The van der Waals surface area contributed by atoms with Crippen molar-refractivity contribution in [3.63, 3.8) is 0 Å². The summed E-state index contributed by atoms with van der Waals surface area (Å²) in [6.45, 7) is 1.85. The number of nitrogens with zero attached hydrogens (tertiary/aromatic N) is 2. The minimum atomic E-state index is -1.06. The Morgan fingerprint density at radius 1 is 1.10 bits per heavy atom. The summed E-state index contributed by atoms with van der Waals surface area (Å²) >= 11 is 0. The number of carboxylic acids is 1. The maximum Gasteiger partial charge on any atom is 0.326 e. The van der Waals surface area contributed by atoms with Crippen LogP contribution in [-0.4, -0.2) is 33.0 Å². The summed E-state index contributed by atoms with van der Waals surface area (Å²) in [4.78, 5) is 31.3. The Balaban J connectivity index is 1.69. The van der Waals surface area contributed by atoms with Crippen molar-refractivity contribution in [3.05, 3.63) is 58.9 Å². The van der Waals surface area contributed by atoms with Gasteiger partial charge in [0.15, 0.2) is 0 Å². The average Bonchev–Trinajstić information content (AvgIpc) is 2.72. The van der Waals surface area contributed by atoms with Crippen LogP contribution in [0.5, 0.6) is 0 Å². The minimum Gasteiger partial charge on any atom is -0.480 e. The Bertz CT molecular complexity index is 1120. The predicted molar refractivity (Wildman–Crippen MR) is 116 cm³/mol. The highest BCUT2D eigenvalue weighted by atomic mass is 19.1. The Kier molecular flexibility index (Phi) is 6.64. The number of carbonyl (C=O) groups is 2. The molecule has 3 aromatic rings. The van der Waals surface area contributed by atoms with Gasteiger partial charge >= 0.3 is 5.97 Å². The van der Waals surface area contributed by atoms with Crippen molar-refractivity contribution in [2.45, 2.75) is 38.6 Å². The molecule has 8 nitrogen and oxygen atoms in total. The number of hydrogen-bond acceptors (Lipinski definition) is 6. The number of halogens is 1. The molecule has 0 radical (unpaired) electrons. The van der Waals surface area contributed by atoms with Crippen molar-refractivity contribution in [1.82, 2.24) is 15.3 Å². The minimum absolute atomic E-state index is 0.0000431. The van der Waals surface area contributed by atoms with E-state index in [9.17, 15) is 19.1 Å². The van der Waals surface area contributed by atoms with Crippen LogP contribution in [-0.2, 0) is 17.6 Å². The van der Waals surface area contributed by atoms with E-state index in [1.165, 1.54) is 0 Å². The number of benzene rings is 2. The maximum absolute atomic E-state index is 14.9. The third kappa shape index (κ3) is 5.06. The standard InChI is InChI=1S/C22H24FN5O3/c1-2-3-16(21(30)31)26-20(29)14-8-5-12(6-9-14)4-7-13-10-11-15-17(18(13)23)19(24)28-22(25)27-15/h5-6,8-11,16H,2-4,7H2,1H3,(H,26,29)(H,30,31)(H4,24,25,27,28). The van der Waals surface area contributed by atoms with Crippen molar-refractivity contribution in [3.8, 4) is 0 Å². The summed E-state index contributed by atoms with van der Waals surface area (Å²) in [7, 11) is 0. The van der Waals surface area contributed by atoms with E-state index in [2.05, 4.69) is 15.3 Å². The predicted octanol–water partition coefficient (Wildman–Crippen LogP) is 2.70. The molecule has 0 aliphatic carbocycles. The number of aliphatic carboxylic acids is 1. The molecule has 2 aromatic carbocycles. The smallest absolute Gasteiger partial charge is 0.326 e. The first-order valence-corrected chi connectivity index (χ1v) is 9.92. The number of fused-ring (bicyclic) bond motifs is 1. The monoisotopic (exact) mass is 425 g/mol. The molecule has 31 heavy (non-hydrogen) atoms. The highest BCUT2D eigenvalue weighted by Crippen LogP contribution is 2.25. The van der Waals surface area contributed by atoms with Crippen LogP contribution >= 0.6 is 0 Å². The molecule has 6 N–H and O–H groups in total. The molecular formula is C22H24FN5O3. The average molecular weight is 425 g/mol. The summed E-state index contributed by atoms with van der Waals surface area (Å²) in [5.41, 5.74) is 13.5. The molecule has 1 heterocycles. The number of amides is 1. The van der Waals surface area contributed by atoms with Crippen molar-refractivity contribution < 1.29 is 19.1 Å². The molecule has 162 valence electrons. The molecule has 0 aliphatic rings. The Labute approximate surface area is 178 Å². The largest absolute Gasteiger partial charge is 0.480 e. The number of nitrogens with one attached hydrogen (secondary N) is 1. The van der Waals surface area contributed by atoms with Gasteiger partial charge in [0.05, 0.1) is 10.9 Å². The van der Waals surface area contributed by atoms with Crippen LogP contribution in [0.1, 0.15) is 41.3 Å². The highest BCUT2D eigenvalue weighted by molar-refractivity contribution is 5.96. The molecule has 0 bridgehead atoms. The molecule has 1 atom stereocenters. The molecule has 0 saturated carbocycles. The summed E-state index contributed by atoms with van der Waals surface area (Å²) in [6, 6.07) is 9.17. The fraction of sp³-hybridized carbons (Fsp3) is 0.273. The van der Waals surface area contributed by atoms with E-state index in [1.807, 2.05) is 6.92 Å². The SMILES string of the molecule is CCCC(NC(=O)c1ccc(CCc2ccc3nc(N)nc(N)c3c2F)cc1)C(=O)O. The first-order chi connectivity index (χ1) is 14.8. The third-order valence-electron chi connectivity index (χ3n) is 5.01. The van der Waals surface area contributed by atoms with Gasteiger partial charge in [0.2, 0.25) is 5.95 Å². The molecule has 0 saturated heterocycles. The topological polar surface area (TPSA) is 144 Å². The van der Waals surface area contributed by atoms with Gasteiger partial charge < -0.3 is 21.9 Å². The van der Waals surface area contributed by atoms with E-state index in [0.717, 1.165) is 5.56 Å². The lowest BCUT2D eigenvalue weighted by atomic mass is 10.0. The van der Waals surface area contributed by atoms with Crippen molar-refractivity contribution in [2.75, 3.05) is 11.5 Å². The lowest BCUT2D eigenvalue weighted by Gasteiger charge is -2.13. The van der Waals surface area contributed by atoms with Crippen LogP contribution in [0.25, 0.3) is 10.9 Å². The lowest BCUT2D eigenvalue weighted by Crippen LogP contribution is -2.40. The number of hydrogen-bond donors (Lipinski definition) is 4. The van der Waals surface area contributed by atoms with E-state index in [4.69, 9.17) is 11.5 Å². The van der Waals surface area contributed by atoms with Crippen LogP contribution in [0.3, 0.4) is 0 Å². The van der Waals surface area contributed by atoms with E-state index < -0.39 is 23.7 Å². The van der Waals surface area contributed by atoms with E-state index in [1.54, 1.807) is 36.4 Å². The normalized spacial score (nSPS) is 11.9. The second-order valence-corrected chi connectivity index (χ2v) is 7.25. The van der Waals surface area contributed by atoms with Gasteiger partial charge in [0.1, 0.15) is 17.7 Å². The molecule has 1 aromatic heterocycles. The van der Waals surface area contributed by atoms with Gasteiger partial charge in [-0.15, -0.1) is 0 Å². The summed E-state index contributed by atoms with van der Waals surface area (Å²) in [6.07, 6.45) is 1.95. The zero-order valence-corrected chi connectivity index (χ0v) is 17.1. The molecular weight excluding hydrogens is 401 g/mol. The number of anilines is 2. The number of rotatable bonds is 8. The summed E-state index contributed by atoms with van der Waals surface area (Å²) in [5, 5.41) is 11.9. The van der Waals surface area contributed by atoms with Crippen molar-refractivity contribution in [2.24, 2.45) is 0 Å². The van der Waals surface area contributed by atoms with Gasteiger partial charge in [-0.05, 0) is 48.6 Å². The van der Waals surface area contributed by atoms with E-state index in [-0.39, 0.29) is 17.2 Å². The maximum atomic E-state index is 14.9. The number of carboxylic acid groups (broad SMARTS) is 1. The van der Waals surface area contributed by atoms with E-state index >= 15 is 0 Å². The van der Waals surface area contributed by atoms with Crippen LogP contribution in [0.15, 0.2) is 36.4 Å². The molecule has 3 rings (SSSR count). The van der Waals surface area contributed by atoms with Crippen LogP contribution < -0.4 is 16.8 Å². The molecule has 0 fully saturated rings. The molecule has 1 unspecified atom stereocenters. The van der Waals surface area contributed by atoms with Crippen LogP contribution in [0, 0.1) is 5.82 Å². The first kappa shape index (κ1) is 21.9. The summed E-state index contributed by atoms with van der Waals surface area (Å²) in [5.74, 6) is -1.98. The van der Waals surface area contributed by atoms with Crippen molar-refractivity contribution >= 4 is 34.5 Å². The summed E-state index contributed by atoms with van der Waals surface area (Å²) < 4.78 is 14.9. The molecule has 1 amide bonds. The fourth-order valence-corrected chi connectivity index (χ4v) is 3.36.